The minimum absolute atomic E-state index is 0.0220. The van der Waals surface area contributed by atoms with Crippen molar-refractivity contribution < 1.29 is 41.3 Å². The molecule has 38 heavy (non-hydrogen) atoms. The zero-order valence-corrected chi connectivity index (χ0v) is 20.4. The van der Waals surface area contributed by atoms with Crippen molar-refractivity contribution in [3.05, 3.63) is 59.4 Å². The molecule has 2 fully saturated rings. The van der Waals surface area contributed by atoms with E-state index in [9.17, 15) is 13.6 Å². The number of hydrogen-bond donors (Lipinski definition) is 1. The van der Waals surface area contributed by atoms with Gasteiger partial charge in [0.05, 0.1) is 31.6 Å². The Bertz CT molecular complexity index is 1320. The van der Waals surface area contributed by atoms with Gasteiger partial charge in [-0.3, -0.25) is 9.36 Å². The molecule has 1 saturated heterocycles. The van der Waals surface area contributed by atoms with Gasteiger partial charge in [0.1, 0.15) is 23.0 Å². The lowest BCUT2D eigenvalue weighted by molar-refractivity contribution is -0.178. The lowest BCUT2D eigenvalue weighted by Crippen LogP contribution is -2.34. The summed E-state index contributed by atoms with van der Waals surface area (Å²) in [7, 11) is 1.27. The van der Waals surface area contributed by atoms with E-state index in [1.807, 2.05) is 0 Å². The van der Waals surface area contributed by atoms with E-state index in [1.165, 1.54) is 19.4 Å². The molecule has 3 aromatic rings. The molecule has 2 heterocycles. The average molecular weight is 535 g/mol. The highest BCUT2D eigenvalue weighted by Gasteiger charge is 2.41. The summed E-state index contributed by atoms with van der Waals surface area (Å²) >= 11 is 0. The third-order valence-electron chi connectivity index (χ3n) is 6.89. The van der Waals surface area contributed by atoms with Crippen molar-refractivity contribution in [1.29, 1.82) is 0 Å². The molecule has 1 aliphatic heterocycles. The normalized spacial score (nSPS) is 17.3. The highest BCUT2D eigenvalue weighted by atomic mass is 19.3. The van der Waals surface area contributed by atoms with Crippen LogP contribution in [-0.2, 0) is 9.47 Å². The van der Waals surface area contributed by atoms with Crippen LogP contribution in [0.15, 0.2) is 36.5 Å². The summed E-state index contributed by atoms with van der Waals surface area (Å²) in [6, 6.07) is 5.51. The van der Waals surface area contributed by atoms with Gasteiger partial charge in [-0.2, -0.15) is 8.78 Å². The number of imidazole rings is 1. The summed E-state index contributed by atoms with van der Waals surface area (Å²) < 4.78 is 78.5. The van der Waals surface area contributed by atoms with Gasteiger partial charge in [0.2, 0.25) is 5.91 Å². The van der Waals surface area contributed by atoms with Gasteiger partial charge in [0, 0.05) is 42.7 Å². The first kappa shape index (κ1) is 26.0. The summed E-state index contributed by atoms with van der Waals surface area (Å²) in [6.45, 7) is -2.10. The number of primary amides is 1. The van der Waals surface area contributed by atoms with Crippen LogP contribution < -0.4 is 15.2 Å². The van der Waals surface area contributed by atoms with Crippen LogP contribution in [0.25, 0.3) is 17.1 Å². The smallest absolute Gasteiger partial charge is 0.387 e. The molecule has 5 rings (SSSR count). The van der Waals surface area contributed by atoms with Crippen LogP contribution in [0.1, 0.15) is 47.7 Å². The second kappa shape index (κ2) is 10.3. The molecule has 1 aromatic heterocycles. The van der Waals surface area contributed by atoms with Gasteiger partial charge in [-0.05, 0) is 31.0 Å². The number of hydrogen-bond acceptors (Lipinski definition) is 6. The Kier molecular flexibility index (Phi) is 7.01. The van der Waals surface area contributed by atoms with E-state index in [0.717, 1.165) is 28.8 Å². The Hall–Kier alpha value is -3.64. The van der Waals surface area contributed by atoms with Crippen LogP contribution in [0.4, 0.5) is 17.6 Å². The molecule has 12 heteroatoms. The monoisotopic (exact) mass is 535 g/mol. The molecular weight excluding hydrogens is 510 g/mol. The van der Waals surface area contributed by atoms with Crippen molar-refractivity contribution in [2.75, 3.05) is 20.3 Å². The number of benzene rings is 2. The van der Waals surface area contributed by atoms with E-state index < -0.39 is 35.6 Å². The largest absolute Gasteiger partial charge is 0.497 e. The summed E-state index contributed by atoms with van der Waals surface area (Å²) in [5, 5.41) is 0. The number of halogens is 4. The van der Waals surface area contributed by atoms with Crippen LogP contribution in [0.5, 0.6) is 11.5 Å². The van der Waals surface area contributed by atoms with Crippen LogP contribution in [0.3, 0.4) is 0 Å². The van der Waals surface area contributed by atoms with Gasteiger partial charge in [-0.25, -0.2) is 13.8 Å². The predicted molar refractivity (Wildman–Crippen MR) is 126 cm³/mol. The first-order valence-electron chi connectivity index (χ1n) is 12.0. The van der Waals surface area contributed by atoms with E-state index >= 15 is 8.78 Å². The van der Waals surface area contributed by atoms with Crippen molar-refractivity contribution in [3.8, 4) is 28.6 Å². The molecule has 1 aliphatic carbocycles. The maximum absolute atomic E-state index is 15.2. The van der Waals surface area contributed by atoms with Gasteiger partial charge < -0.3 is 24.7 Å². The standard InChI is InChI=1S/C26H25F4N3O5/c1-35-16-11-19(27)22(20(28)12-16)33-13-21(14-4-6-26(7-5-14)36-8-9-37-26)32-24(33)18-10-15(38-25(29)30)2-3-17(18)23(31)34/h2-3,10-14,25H,4-9H2,1H3,(H2,31,34). The molecule has 8 nitrogen and oxygen atoms in total. The highest BCUT2D eigenvalue weighted by Crippen LogP contribution is 2.43. The minimum atomic E-state index is -3.14. The fraction of sp³-hybridized carbons (Fsp3) is 0.385. The van der Waals surface area contributed by atoms with Crippen molar-refractivity contribution in [1.82, 2.24) is 9.55 Å². The number of amides is 1. The van der Waals surface area contributed by atoms with Gasteiger partial charge in [0.25, 0.3) is 0 Å². The predicted octanol–water partition coefficient (Wildman–Crippen LogP) is 4.93. The number of ether oxygens (including phenoxy) is 4. The van der Waals surface area contributed by atoms with E-state index in [4.69, 9.17) is 19.9 Å². The minimum Gasteiger partial charge on any atom is -0.497 e. The number of methoxy groups -OCH3 is 1. The second-order valence-corrected chi connectivity index (χ2v) is 9.13. The molecular formula is C26H25F4N3O5. The molecule has 2 N–H and O–H groups in total. The number of alkyl halides is 2. The number of rotatable bonds is 7. The Labute approximate surface area is 215 Å². The van der Waals surface area contributed by atoms with Gasteiger partial charge in [-0.15, -0.1) is 0 Å². The molecule has 1 saturated carbocycles. The molecule has 0 radical (unpaired) electrons. The first-order chi connectivity index (χ1) is 18.2. The molecule has 0 unspecified atom stereocenters. The molecule has 0 bridgehead atoms. The maximum Gasteiger partial charge on any atom is 0.387 e. The molecule has 1 amide bonds. The SMILES string of the molecule is COc1cc(F)c(-n2cc(C3CCC4(CC3)OCCO4)nc2-c2cc(OC(F)F)ccc2C(N)=O)c(F)c1. The van der Waals surface area contributed by atoms with Crippen molar-refractivity contribution in [2.45, 2.75) is 44.0 Å². The van der Waals surface area contributed by atoms with Crippen LogP contribution in [-0.4, -0.2) is 48.2 Å². The number of nitrogens with zero attached hydrogens (tertiary/aromatic N) is 2. The number of carbonyl (C=O) groups is 1. The first-order valence-corrected chi connectivity index (χ1v) is 12.0. The van der Waals surface area contributed by atoms with Crippen molar-refractivity contribution >= 4 is 5.91 Å². The molecule has 202 valence electrons. The van der Waals surface area contributed by atoms with E-state index in [-0.39, 0.29) is 34.4 Å². The highest BCUT2D eigenvalue weighted by molar-refractivity contribution is 5.99. The lowest BCUT2D eigenvalue weighted by Gasteiger charge is -2.34. The summed E-state index contributed by atoms with van der Waals surface area (Å²) in [4.78, 5) is 16.9. The van der Waals surface area contributed by atoms with E-state index in [1.54, 1.807) is 0 Å². The molecule has 2 aromatic carbocycles. The summed E-state index contributed by atoms with van der Waals surface area (Å²) in [5.74, 6) is -3.92. The Balaban J connectivity index is 1.64. The van der Waals surface area contributed by atoms with Crippen LogP contribution in [0, 0.1) is 11.6 Å². The van der Waals surface area contributed by atoms with E-state index in [0.29, 0.717) is 44.6 Å². The van der Waals surface area contributed by atoms with Gasteiger partial charge in [0.15, 0.2) is 17.4 Å². The quantitative estimate of drug-likeness (QED) is 0.431. The topological polar surface area (TPSA) is 97.8 Å². The number of carbonyl (C=O) groups excluding carboxylic acids is 1. The Morgan fingerprint density at radius 1 is 1.11 bits per heavy atom. The van der Waals surface area contributed by atoms with Crippen LogP contribution in [0.2, 0.25) is 0 Å². The van der Waals surface area contributed by atoms with E-state index in [2.05, 4.69) is 9.72 Å². The Morgan fingerprint density at radius 3 is 2.34 bits per heavy atom. The third kappa shape index (κ3) is 4.93. The zero-order valence-electron chi connectivity index (χ0n) is 20.4. The average Bonchev–Trinajstić information content (AvgIpc) is 3.51. The second-order valence-electron chi connectivity index (χ2n) is 9.13. The fourth-order valence-corrected chi connectivity index (χ4v) is 5.08. The summed E-state index contributed by atoms with van der Waals surface area (Å²) in [6.07, 6.45) is 3.95. The summed E-state index contributed by atoms with van der Waals surface area (Å²) in [5.41, 5.74) is 5.45. The lowest BCUT2D eigenvalue weighted by atomic mass is 9.83. The number of nitrogens with two attached hydrogens (primary N) is 1. The van der Waals surface area contributed by atoms with Crippen molar-refractivity contribution in [2.24, 2.45) is 5.73 Å². The zero-order chi connectivity index (χ0) is 27.0. The molecule has 0 atom stereocenters. The van der Waals surface area contributed by atoms with Crippen molar-refractivity contribution in [3.63, 3.8) is 0 Å². The number of aromatic nitrogens is 2. The van der Waals surface area contributed by atoms with Gasteiger partial charge in [-0.1, -0.05) is 0 Å². The van der Waals surface area contributed by atoms with Gasteiger partial charge >= 0.3 is 6.61 Å². The fourth-order valence-electron chi connectivity index (χ4n) is 5.08. The third-order valence-corrected chi connectivity index (χ3v) is 6.89. The molecule has 2 aliphatic rings. The Morgan fingerprint density at radius 2 is 1.76 bits per heavy atom. The maximum atomic E-state index is 15.2. The van der Waals surface area contributed by atoms with Crippen LogP contribution >= 0.6 is 0 Å². The molecule has 1 spiro atoms.